The smallest absolute Gasteiger partial charge is 0.178 e. The highest BCUT2D eigenvalue weighted by Gasteiger charge is 2.28. The molecule has 3 heteroatoms. The molecule has 0 unspecified atom stereocenters. The first-order valence-corrected chi connectivity index (χ1v) is 10.5. The molecule has 4 rings (SSSR count). The van der Waals surface area contributed by atoms with Gasteiger partial charge in [0, 0.05) is 28.5 Å². The number of benzene rings is 2. The third-order valence-electron chi connectivity index (χ3n) is 6.64. The number of aliphatic imine (C=N–C) groups is 2. The molecule has 152 valence electrons. The van der Waals surface area contributed by atoms with E-state index in [2.05, 4.69) is 95.1 Å². The third kappa shape index (κ3) is 3.49. The van der Waals surface area contributed by atoms with Gasteiger partial charge in [0.2, 0.25) is 0 Å². The van der Waals surface area contributed by atoms with Crippen LogP contribution in [0.4, 0.5) is 11.5 Å². The topological polar surface area (TPSA) is 37.6 Å². The quantitative estimate of drug-likeness (QED) is 0.396. The summed E-state index contributed by atoms with van der Waals surface area (Å²) in [6.07, 6.45) is 1.78. The highest BCUT2D eigenvalue weighted by Crippen LogP contribution is 2.36. The maximum absolute atomic E-state index is 4.99. The van der Waals surface area contributed by atoms with Crippen molar-refractivity contribution in [2.45, 2.75) is 52.4 Å². The Balaban J connectivity index is 2.05. The number of pyridine rings is 1. The van der Waals surface area contributed by atoms with Crippen LogP contribution in [0.15, 0.2) is 76.8 Å². The Bertz CT molecular complexity index is 1070. The van der Waals surface area contributed by atoms with Crippen LogP contribution in [-0.2, 0) is 10.8 Å². The van der Waals surface area contributed by atoms with Crippen LogP contribution < -0.4 is 0 Å². The van der Waals surface area contributed by atoms with Crippen molar-refractivity contribution in [2.75, 3.05) is 0 Å². The first kappa shape index (κ1) is 20.2. The van der Waals surface area contributed by atoms with Crippen molar-refractivity contribution in [3.8, 4) is 11.1 Å². The predicted octanol–water partition coefficient (Wildman–Crippen LogP) is 7.20. The van der Waals surface area contributed by atoms with E-state index in [0.717, 1.165) is 17.1 Å². The molecule has 0 spiro atoms. The second-order valence-corrected chi connectivity index (χ2v) is 9.15. The van der Waals surface area contributed by atoms with Crippen molar-refractivity contribution in [2.24, 2.45) is 9.98 Å². The lowest BCUT2D eigenvalue weighted by atomic mass is 9.78. The average molecular weight is 396 g/mol. The Kier molecular flexibility index (Phi) is 4.93. The van der Waals surface area contributed by atoms with E-state index in [1.54, 1.807) is 6.20 Å². The van der Waals surface area contributed by atoms with Crippen LogP contribution in [0, 0.1) is 0 Å². The van der Waals surface area contributed by atoms with Gasteiger partial charge in [0.15, 0.2) is 5.82 Å². The number of fused-ring (bicyclic) bond motifs is 6. The molecule has 2 heterocycles. The van der Waals surface area contributed by atoms with Crippen LogP contribution in [0.2, 0.25) is 0 Å². The van der Waals surface area contributed by atoms with Crippen molar-refractivity contribution in [3.05, 3.63) is 78.0 Å². The van der Waals surface area contributed by atoms with Crippen LogP contribution in [0.1, 0.15) is 52.7 Å². The second-order valence-electron chi connectivity index (χ2n) is 9.15. The molecular formula is C27H29N3. The Morgan fingerprint density at radius 1 is 0.633 bits per heavy atom. The van der Waals surface area contributed by atoms with Crippen LogP contribution in [0.3, 0.4) is 0 Å². The summed E-state index contributed by atoms with van der Waals surface area (Å²) < 4.78 is 0. The maximum Gasteiger partial charge on any atom is 0.178 e. The molecule has 0 fully saturated rings. The zero-order valence-corrected chi connectivity index (χ0v) is 18.7. The Labute approximate surface area is 179 Å². The van der Waals surface area contributed by atoms with Crippen LogP contribution in [0.25, 0.3) is 11.1 Å². The Morgan fingerprint density at radius 2 is 1.17 bits per heavy atom. The van der Waals surface area contributed by atoms with Crippen LogP contribution in [-0.4, -0.2) is 16.4 Å². The van der Waals surface area contributed by atoms with E-state index in [0.29, 0.717) is 5.82 Å². The molecule has 0 N–H and O–H groups in total. The van der Waals surface area contributed by atoms with E-state index in [1.165, 1.54) is 22.3 Å². The van der Waals surface area contributed by atoms with Crippen molar-refractivity contribution >= 4 is 22.9 Å². The molecule has 3 aromatic rings. The Hall–Kier alpha value is -3.07. The minimum absolute atomic E-state index is 0.219. The molecular weight excluding hydrogens is 366 g/mol. The molecule has 0 saturated heterocycles. The molecule has 4 bridgehead atoms. The first-order valence-electron chi connectivity index (χ1n) is 10.5. The lowest BCUT2D eigenvalue weighted by Gasteiger charge is -2.28. The van der Waals surface area contributed by atoms with Gasteiger partial charge in [-0.15, -0.1) is 0 Å². The van der Waals surface area contributed by atoms with Gasteiger partial charge in [0.1, 0.15) is 5.69 Å². The van der Waals surface area contributed by atoms with Crippen LogP contribution in [0.5, 0.6) is 0 Å². The molecule has 0 atom stereocenters. The van der Waals surface area contributed by atoms with Gasteiger partial charge in [-0.05, 0) is 48.2 Å². The molecule has 1 aliphatic heterocycles. The van der Waals surface area contributed by atoms with E-state index in [9.17, 15) is 0 Å². The average Bonchev–Trinajstić information content (AvgIpc) is 2.74. The van der Waals surface area contributed by atoms with Gasteiger partial charge < -0.3 is 0 Å². The predicted molar refractivity (Wildman–Crippen MR) is 128 cm³/mol. The summed E-state index contributed by atoms with van der Waals surface area (Å²) in [5.41, 5.74) is 7.32. The van der Waals surface area contributed by atoms with E-state index in [-0.39, 0.29) is 10.8 Å². The number of rotatable bonds is 0. The maximum atomic E-state index is 4.99. The standard InChI is InChI=1S/C27H29N3/c1-18-26(3,4)22-12-7-10-20(16-22)21-11-8-13-23(17-21)27(5,6)19(2)30-25-24(29-18)14-9-15-28-25/h7-17H,1-6H3. The molecule has 30 heavy (non-hydrogen) atoms. The summed E-state index contributed by atoms with van der Waals surface area (Å²) in [5, 5.41) is 0. The monoisotopic (exact) mass is 395 g/mol. The highest BCUT2D eigenvalue weighted by molar-refractivity contribution is 5.97. The Morgan fingerprint density at radius 3 is 1.73 bits per heavy atom. The summed E-state index contributed by atoms with van der Waals surface area (Å²) in [6, 6.07) is 21.5. The zero-order valence-electron chi connectivity index (χ0n) is 18.7. The van der Waals surface area contributed by atoms with E-state index in [4.69, 9.17) is 9.98 Å². The molecule has 0 amide bonds. The zero-order chi connectivity index (χ0) is 21.5. The molecule has 1 aromatic heterocycles. The lowest BCUT2D eigenvalue weighted by Crippen LogP contribution is -2.27. The van der Waals surface area contributed by atoms with E-state index < -0.39 is 0 Å². The second kappa shape index (κ2) is 7.32. The van der Waals surface area contributed by atoms with Gasteiger partial charge in [-0.1, -0.05) is 76.2 Å². The fourth-order valence-corrected chi connectivity index (χ4v) is 3.77. The SMILES string of the molecule is CC1=Nc2cccnc2N=C(C)C(C)(C)c2cccc(c2)-c2cccc(c2)C1(C)C. The number of aromatic nitrogens is 1. The van der Waals surface area contributed by atoms with Crippen molar-refractivity contribution in [1.29, 1.82) is 0 Å². The lowest BCUT2D eigenvalue weighted by molar-refractivity contribution is 0.711. The normalized spacial score (nSPS) is 17.3. The van der Waals surface area contributed by atoms with E-state index in [1.807, 2.05) is 12.1 Å². The largest absolute Gasteiger partial charge is 0.253 e. The van der Waals surface area contributed by atoms with Crippen molar-refractivity contribution in [3.63, 3.8) is 0 Å². The minimum Gasteiger partial charge on any atom is -0.253 e. The summed E-state index contributed by atoms with van der Waals surface area (Å²) in [4.78, 5) is 14.5. The number of hydrogen-bond acceptors (Lipinski definition) is 3. The molecule has 1 aliphatic rings. The molecule has 0 aliphatic carbocycles. The summed E-state index contributed by atoms with van der Waals surface area (Å²) in [5.74, 6) is 0.667. The van der Waals surface area contributed by atoms with Crippen LogP contribution >= 0.6 is 0 Å². The fourth-order valence-electron chi connectivity index (χ4n) is 3.77. The van der Waals surface area contributed by atoms with Crippen molar-refractivity contribution in [1.82, 2.24) is 4.98 Å². The van der Waals surface area contributed by atoms with Gasteiger partial charge >= 0.3 is 0 Å². The molecule has 2 aromatic carbocycles. The molecule has 3 nitrogen and oxygen atoms in total. The molecule has 0 saturated carbocycles. The van der Waals surface area contributed by atoms with Crippen molar-refractivity contribution < 1.29 is 0 Å². The fraction of sp³-hybridized carbons (Fsp3) is 0.296. The van der Waals surface area contributed by atoms with Gasteiger partial charge in [0.05, 0.1) is 0 Å². The molecule has 0 radical (unpaired) electrons. The third-order valence-corrected chi connectivity index (χ3v) is 6.64. The highest BCUT2D eigenvalue weighted by atomic mass is 15.0. The van der Waals surface area contributed by atoms with E-state index >= 15 is 0 Å². The number of hydrogen-bond donors (Lipinski definition) is 0. The minimum atomic E-state index is -0.232. The van der Waals surface area contributed by atoms with Gasteiger partial charge in [-0.3, -0.25) is 4.99 Å². The summed E-state index contributed by atoms with van der Waals surface area (Å²) in [6.45, 7) is 13.1. The van der Waals surface area contributed by atoms with Gasteiger partial charge in [-0.2, -0.15) is 0 Å². The number of nitrogens with zero attached hydrogens (tertiary/aromatic N) is 3. The van der Waals surface area contributed by atoms with Gasteiger partial charge in [0.25, 0.3) is 0 Å². The first-order chi connectivity index (χ1) is 14.2. The summed E-state index contributed by atoms with van der Waals surface area (Å²) >= 11 is 0. The summed E-state index contributed by atoms with van der Waals surface area (Å²) in [7, 11) is 0. The van der Waals surface area contributed by atoms with Gasteiger partial charge in [-0.25, -0.2) is 9.98 Å².